The number of hydrogen-bond acceptors (Lipinski definition) is 2. The predicted octanol–water partition coefficient (Wildman–Crippen LogP) is 2.21. The lowest BCUT2D eigenvalue weighted by atomic mass is 9.91. The van der Waals surface area contributed by atoms with Crippen molar-refractivity contribution in [3.8, 4) is 0 Å². The van der Waals surface area contributed by atoms with Gasteiger partial charge in [0.2, 0.25) is 0 Å². The Morgan fingerprint density at radius 3 is 2.81 bits per heavy atom. The van der Waals surface area contributed by atoms with Crippen molar-refractivity contribution in [2.75, 3.05) is 13.2 Å². The first-order chi connectivity index (χ1) is 7.79. The summed E-state index contributed by atoms with van der Waals surface area (Å²) in [6.45, 7) is 3.21. The molecule has 1 unspecified atom stereocenters. The van der Waals surface area contributed by atoms with Crippen molar-refractivity contribution < 1.29 is 5.11 Å². The van der Waals surface area contributed by atoms with E-state index in [4.69, 9.17) is 0 Å². The lowest BCUT2D eigenvalue weighted by molar-refractivity contribution is 0.247. The van der Waals surface area contributed by atoms with Crippen LogP contribution in [0.15, 0.2) is 24.3 Å². The summed E-state index contributed by atoms with van der Waals surface area (Å²) < 4.78 is 0. The van der Waals surface area contributed by atoms with E-state index in [0.29, 0.717) is 6.04 Å². The minimum Gasteiger partial charge on any atom is -0.396 e. The van der Waals surface area contributed by atoms with Gasteiger partial charge in [-0.3, -0.25) is 0 Å². The van der Waals surface area contributed by atoms with Crippen molar-refractivity contribution in [3.63, 3.8) is 0 Å². The van der Waals surface area contributed by atoms with Gasteiger partial charge in [0.15, 0.2) is 0 Å². The van der Waals surface area contributed by atoms with Crippen molar-refractivity contribution in [2.45, 2.75) is 38.1 Å². The van der Waals surface area contributed by atoms with Gasteiger partial charge in [-0.25, -0.2) is 0 Å². The highest BCUT2D eigenvalue weighted by molar-refractivity contribution is 5.25. The molecule has 2 N–H and O–H groups in total. The Kier molecular flexibility index (Phi) is 3.97. The fourth-order valence-corrected chi connectivity index (χ4v) is 2.13. The molecule has 2 heteroatoms. The van der Waals surface area contributed by atoms with Crippen LogP contribution < -0.4 is 5.32 Å². The molecule has 0 saturated heterocycles. The fraction of sp³-hybridized carbons (Fsp3) is 0.571. The first-order valence-electron chi connectivity index (χ1n) is 6.20. The summed E-state index contributed by atoms with van der Waals surface area (Å²) >= 11 is 0. The van der Waals surface area contributed by atoms with Crippen molar-refractivity contribution in [2.24, 2.45) is 0 Å². The topological polar surface area (TPSA) is 32.3 Å². The van der Waals surface area contributed by atoms with E-state index in [0.717, 1.165) is 6.54 Å². The Balaban J connectivity index is 1.92. The second kappa shape index (κ2) is 5.46. The molecule has 0 aromatic heterocycles. The molecule has 0 heterocycles. The van der Waals surface area contributed by atoms with Crippen LogP contribution in [0.2, 0.25) is 0 Å². The molecular formula is C14H21NO. The molecule has 16 heavy (non-hydrogen) atoms. The molecule has 0 aliphatic heterocycles. The zero-order valence-electron chi connectivity index (χ0n) is 9.95. The van der Waals surface area contributed by atoms with Crippen LogP contribution in [-0.4, -0.2) is 24.3 Å². The third kappa shape index (κ3) is 2.83. The molecule has 0 radical (unpaired) electrons. The monoisotopic (exact) mass is 219 g/mol. The van der Waals surface area contributed by atoms with Gasteiger partial charge in [0.05, 0.1) is 6.61 Å². The highest BCUT2D eigenvalue weighted by atomic mass is 16.3. The molecule has 88 valence electrons. The van der Waals surface area contributed by atoms with Crippen LogP contribution in [0, 0.1) is 6.92 Å². The van der Waals surface area contributed by atoms with Crippen LogP contribution in [0.3, 0.4) is 0 Å². The minimum absolute atomic E-state index is 0.225. The maximum atomic E-state index is 9.43. The molecule has 1 saturated carbocycles. The normalized spacial score (nSPS) is 18.1. The fourth-order valence-electron chi connectivity index (χ4n) is 2.13. The van der Waals surface area contributed by atoms with Crippen LogP contribution in [0.25, 0.3) is 0 Å². The van der Waals surface area contributed by atoms with Gasteiger partial charge in [-0.05, 0) is 25.3 Å². The molecule has 0 bridgehead atoms. The summed E-state index contributed by atoms with van der Waals surface area (Å²) in [5, 5.41) is 13.0. The minimum atomic E-state index is 0.225. The standard InChI is InChI=1S/C14H21NO/c1-11-4-2-5-12(8-11)13(10-16)9-15-14-6-3-7-14/h2,4-5,8,13-16H,3,6-7,9-10H2,1H3. The average molecular weight is 219 g/mol. The van der Waals surface area contributed by atoms with E-state index < -0.39 is 0 Å². The number of nitrogens with one attached hydrogen (secondary N) is 1. The summed E-state index contributed by atoms with van der Waals surface area (Å²) in [4.78, 5) is 0. The highest BCUT2D eigenvalue weighted by Gasteiger charge is 2.18. The van der Waals surface area contributed by atoms with Gasteiger partial charge < -0.3 is 10.4 Å². The molecule has 1 aromatic carbocycles. The van der Waals surface area contributed by atoms with E-state index in [9.17, 15) is 5.11 Å². The Bertz CT molecular complexity index is 333. The lowest BCUT2D eigenvalue weighted by Gasteiger charge is -2.28. The average Bonchev–Trinajstić information content (AvgIpc) is 2.22. The third-order valence-corrected chi connectivity index (χ3v) is 3.49. The largest absolute Gasteiger partial charge is 0.396 e. The molecule has 0 spiro atoms. The molecule has 1 aromatic rings. The summed E-state index contributed by atoms with van der Waals surface area (Å²) in [7, 11) is 0. The number of aliphatic hydroxyl groups is 1. The summed E-state index contributed by atoms with van der Waals surface area (Å²) in [5.41, 5.74) is 2.51. The predicted molar refractivity (Wildman–Crippen MR) is 66.6 cm³/mol. The van der Waals surface area contributed by atoms with E-state index in [1.54, 1.807) is 0 Å². The first kappa shape index (κ1) is 11.6. The van der Waals surface area contributed by atoms with Crippen molar-refractivity contribution in [1.82, 2.24) is 5.32 Å². The molecule has 1 aliphatic carbocycles. The van der Waals surface area contributed by atoms with Gasteiger partial charge in [0.25, 0.3) is 0 Å². The van der Waals surface area contributed by atoms with Gasteiger partial charge in [-0.1, -0.05) is 36.2 Å². The summed E-state index contributed by atoms with van der Waals surface area (Å²) in [5.74, 6) is 0.237. The number of hydrogen-bond donors (Lipinski definition) is 2. The van der Waals surface area contributed by atoms with E-state index >= 15 is 0 Å². The maximum absolute atomic E-state index is 9.43. The van der Waals surface area contributed by atoms with Crippen LogP contribution in [0.5, 0.6) is 0 Å². The van der Waals surface area contributed by atoms with E-state index in [-0.39, 0.29) is 12.5 Å². The first-order valence-corrected chi connectivity index (χ1v) is 6.20. The number of benzene rings is 1. The van der Waals surface area contributed by atoms with Crippen molar-refractivity contribution >= 4 is 0 Å². The zero-order chi connectivity index (χ0) is 11.4. The molecular weight excluding hydrogens is 198 g/mol. The van der Waals surface area contributed by atoms with Crippen LogP contribution in [0.1, 0.15) is 36.3 Å². The van der Waals surface area contributed by atoms with Gasteiger partial charge in [-0.2, -0.15) is 0 Å². The number of aryl methyl sites for hydroxylation is 1. The van der Waals surface area contributed by atoms with Gasteiger partial charge >= 0.3 is 0 Å². The van der Waals surface area contributed by atoms with E-state index in [2.05, 4.69) is 36.5 Å². The molecule has 2 nitrogen and oxygen atoms in total. The van der Waals surface area contributed by atoms with E-state index in [1.165, 1.54) is 30.4 Å². The molecule has 0 amide bonds. The number of rotatable bonds is 5. The van der Waals surface area contributed by atoms with Crippen molar-refractivity contribution in [3.05, 3.63) is 35.4 Å². The zero-order valence-corrected chi connectivity index (χ0v) is 9.95. The third-order valence-electron chi connectivity index (χ3n) is 3.49. The second-order valence-electron chi connectivity index (χ2n) is 4.83. The van der Waals surface area contributed by atoms with Gasteiger partial charge in [-0.15, -0.1) is 0 Å². The molecule has 2 rings (SSSR count). The van der Waals surface area contributed by atoms with Crippen LogP contribution in [-0.2, 0) is 0 Å². The van der Waals surface area contributed by atoms with Crippen molar-refractivity contribution in [1.29, 1.82) is 0 Å². The van der Waals surface area contributed by atoms with Gasteiger partial charge in [0, 0.05) is 18.5 Å². The summed E-state index contributed by atoms with van der Waals surface area (Å²) in [6, 6.07) is 9.13. The van der Waals surface area contributed by atoms with E-state index in [1.807, 2.05) is 0 Å². The Morgan fingerprint density at radius 1 is 1.44 bits per heavy atom. The Morgan fingerprint density at radius 2 is 2.25 bits per heavy atom. The lowest BCUT2D eigenvalue weighted by Crippen LogP contribution is -2.38. The van der Waals surface area contributed by atoms with Gasteiger partial charge in [0.1, 0.15) is 0 Å². The quantitative estimate of drug-likeness (QED) is 0.796. The molecule has 1 aliphatic rings. The Labute approximate surface area is 97.7 Å². The van der Waals surface area contributed by atoms with Crippen LogP contribution in [0.4, 0.5) is 0 Å². The molecule has 1 fully saturated rings. The smallest absolute Gasteiger partial charge is 0.0511 e. The second-order valence-corrected chi connectivity index (χ2v) is 4.83. The SMILES string of the molecule is Cc1cccc(C(CO)CNC2CCC2)c1. The summed E-state index contributed by atoms with van der Waals surface area (Å²) in [6.07, 6.45) is 3.95. The Hall–Kier alpha value is -0.860. The van der Waals surface area contributed by atoms with Crippen LogP contribution >= 0.6 is 0 Å². The highest BCUT2D eigenvalue weighted by Crippen LogP contribution is 2.20. The molecule has 1 atom stereocenters. The maximum Gasteiger partial charge on any atom is 0.0511 e. The number of aliphatic hydroxyl groups excluding tert-OH is 1.